The van der Waals surface area contributed by atoms with E-state index in [4.69, 9.17) is 0 Å². The van der Waals surface area contributed by atoms with Crippen LogP contribution in [0.4, 0.5) is 0 Å². The lowest BCUT2D eigenvalue weighted by molar-refractivity contribution is -0.133. The Morgan fingerprint density at radius 1 is 1.54 bits per heavy atom. The van der Waals surface area contributed by atoms with Crippen molar-refractivity contribution in [3.8, 4) is 0 Å². The minimum absolute atomic E-state index is 0. The van der Waals surface area contributed by atoms with E-state index in [0.717, 1.165) is 19.5 Å². The third-order valence-electron chi connectivity index (χ3n) is 2.40. The first kappa shape index (κ1) is 12.7. The summed E-state index contributed by atoms with van der Waals surface area (Å²) in [6, 6.07) is 0.507. The van der Waals surface area contributed by atoms with Crippen LogP contribution in [0.3, 0.4) is 0 Å². The number of halogens is 1. The van der Waals surface area contributed by atoms with Crippen LogP contribution in [-0.2, 0) is 4.79 Å². The molecule has 1 saturated heterocycles. The maximum absolute atomic E-state index is 11.5. The second-order valence-corrected chi connectivity index (χ2v) is 3.71. The summed E-state index contributed by atoms with van der Waals surface area (Å²) in [5.74, 6) is 0.424. The molecule has 1 amide bonds. The Morgan fingerprint density at radius 2 is 2.15 bits per heavy atom. The van der Waals surface area contributed by atoms with Gasteiger partial charge in [0, 0.05) is 25.0 Å². The summed E-state index contributed by atoms with van der Waals surface area (Å²) in [7, 11) is 1.95. The molecule has 0 saturated carbocycles. The highest BCUT2D eigenvalue weighted by Gasteiger charge is 2.25. The quantitative estimate of drug-likeness (QED) is 0.728. The zero-order valence-electron chi connectivity index (χ0n) is 8.54. The molecule has 0 aromatic rings. The molecule has 78 valence electrons. The molecule has 1 fully saturated rings. The minimum Gasteiger partial charge on any atom is -0.341 e. The maximum atomic E-state index is 11.5. The van der Waals surface area contributed by atoms with E-state index >= 15 is 0 Å². The number of likely N-dealkylation sites (tertiary alicyclic amines) is 1. The molecule has 13 heavy (non-hydrogen) atoms. The molecule has 1 atom stereocenters. The van der Waals surface area contributed by atoms with E-state index in [1.807, 2.05) is 25.8 Å². The van der Waals surface area contributed by atoms with E-state index in [2.05, 4.69) is 5.32 Å². The number of rotatable bonds is 2. The van der Waals surface area contributed by atoms with Gasteiger partial charge in [0.2, 0.25) is 5.91 Å². The molecule has 1 aliphatic rings. The van der Waals surface area contributed by atoms with Crippen molar-refractivity contribution in [3.05, 3.63) is 0 Å². The van der Waals surface area contributed by atoms with Gasteiger partial charge in [-0.3, -0.25) is 4.79 Å². The van der Waals surface area contributed by atoms with Crippen molar-refractivity contribution in [2.24, 2.45) is 5.92 Å². The highest BCUT2D eigenvalue weighted by Crippen LogP contribution is 2.11. The molecule has 0 radical (unpaired) electrons. The van der Waals surface area contributed by atoms with E-state index in [1.54, 1.807) is 0 Å². The standard InChI is InChI=1S/C9H18N2O.ClH/c1-7(2)9(12)11-5-4-8(6-11)10-3;/h7-8,10H,4-6H2,1-3H3;1H/t8-;/m0./s1. The van der Waals surface area contributed by atoms with Crippen molar-refractivity contribution in [2.75, 3.05) is 20.1 Å². The number of nitrogens with zero attached hydrogens (tertiary/aromatic N) is 1. The summed E-state index contributed by atoms with van der Waals surface area (Å²) in [6.07, 6.45) is 1.09. The summed E-state index contributed by atoms with van der Waals surface area (Å²) >= 11 is 0. The van der Waals surface area contributed by atoms with Gasteiger partial charge in [0.25, 0.3) is 0 Å². The highest BCUT2D eigenvalue weighted by atomic mass is 35.5. The molecule has 0 aromatic carbocycles. The summed E-state index contributed by atoms with van der Waals surface area (Å²) in [4.78, 5) is 13.5. The molecule has 0 aromatic heterocycles. The normalized spacial score (nSPS) is 21.8. The van der Waals surface area contributed by atoms with E-state index in [-0.39, 0.29) is 24.2 Å². The van der Waals surface area contributed by atoms with Gasteiger partial charge in [-0.2, -0.15) is 0 Å². The third-order valence-corrected chi connectivity index (χ3v) is 2.40. The first-order valence-corrected chi connectivity index (χ1v) is 4.61. The van der Waals surface area contributed by atoms with Crippen molar-refractivity contribution >= 4 is 18.3 Å². The van der Waals surface area contributed by atoms with Crippen LogP contribution in [-0.4, -0.2) is 37.0 Å². The molecule has 3 nitrogen and oxygen atoms in total. The van der Waals surface area contributed by atoms with Gasteiger partial charge in [0.1, 0.15) is 0 Å². The predicted molar refractivity (Wildman–Crippen MR) is 56.1 cm³/mol. The lowest BCUT2D eigenvalue weighted by atomic mass is 10.2. The van der Waals surface area contributed by atoms with Gasteiger partial charge in [-0.1, -0.05) is 13.8 Å². The van der Waals surface area contributed by atoms with Crippen LogP contribution < -0.4 is 5.32 Å². The van der Waals surface area contributed by atoms with Gasteiger partial charge in [-0.25, -0.2) is 0 Å². The van der Waals surface area contributed by atoms with E-state index in [1.165, 1.54) is 0 Å². The Hall–Kier alpha value is -0.280. The average Bonchev–Trinajstić information content (AvgIpc) is 2.50. The number of carbonyl (C=O) groups is 1. The largest absolute Gasteiger partial charge is 0.341 e. The van der Waals surface area contributed by atoms with E-state index in [0.29, 0.717) is 6.04 Å². The number of nitrogens with one attached hydrogen (secondary N) is 1. The van der Waals surface area contributed by atoms with Crippen LogP contribution in [0, 0.1) is 5.92 Å². The average molecular weight is 207 g/mol. The van der Waals surface area contributed by atoms with Crippen LogP contribution in [0.15, 0.2) is 0 Å². The fraction of sp³-hybridized carbons (Fsp3) is 0.889. The molecule has 1 N–H and O–H groups in total. The molecule has 0 unspecified atom stereocenters. The summed E-state index contributed by atoms with van der Waals surface area (Å²) in [5.41, 5.74) is 0. The summed E-state index contributed by atoms with van der Waals surface area (Å²) in [5, 5.41) is 3.19. The third kappa shape index (κ3) is 3.16. The fourth-order valence-corrected chi connectivity index (χ4v) is 1.56. The SMILES string of the molecule is CN[C@H]1CCN(C(=O)C(C)C)C1.Cl. The van der Waals surface area contributed by atoms with Crippen molar-refractivity contribution in [2.45, 2.75) is 26.3 Å². The van der Waals surface area contributed by atoms with Crippen molar-refractivity contribution in [1.82, 2.24) is 10.2 Å². The van der Waals surface area contributed by atoms with Crippen LogP contribution in [0.25, 0.3) is 0 Å². The molecular formula is C9H19ClN2O. The number of carbonyl (C=O) groups excluding carboxylic acids is 1. The van der Waals surface area contributed by atoms with Crippen molar-refractivity contribution in [1.29, 1.82) is 0 Å². The maximum Gasteiger partial charge on any atom is 0.225 e. The van der Waals surface area contributed by atoms with Gasteiger partial charge in [0.15, 0.2) is 0 Å². The molecule has 1 heterocycles. The van der Waals surface area contributed by atoms with E-state index in [9.17, 15) is 4.79 Å². The van der Waals surface area contributed by atoms with Gasteiger partial charge < -0.3 is 10.2 Å². The second kappa shape index (κ2) is 5.45. The van der Waals surface area contributed by atoms with Gasteiger partial charge in [-0.05, 0) is 13.5 Å². The first-order chi connectivity index (χ1) is 5.65. The zero-order chi connectivity index (χ0) is 9.14. The molecule has 0 aliphatic carbocycles. The molecule has 1 rings (SSSR count). The number of likely N-dealkylation sites (N-methyl/N-ethyl adjacent to an activating group) is 1. The minimum atomic E-state index is 0. The Bertz CT molecular complexity index is 173. The monoisotopic (exact) mass is 206 g/mol. The summed E-state index contributed by atoms with van der Waals surface area (Å²) < 4.78 is 0. The Labute approximate surface area is 86.3 Å². The van der Waals surface area contributed by atoms with Crippen LogP contribution in [0.2, 0.25) is 0 Å². The van der Waals surface area contributed by atoms with Crippen molar-refractivity contribution < 1.29 is 4.79 Å². The van der Waals surface area contributed by atoms with Gasteiger partial charge in [-0.15, -0.1) is 12.4 Å². The second-order valence-electron chi connectivity index (χ2n) is 3.71. The molecule has 1 aliphatic heterocycles. The molecule has 0 bridgehead atoms. The zero-order valence-corrected chi connectivity index (χ0v) is 9.36. The smallest absolute Gasteiger partial charge is 0.225 e. The van der Waals surface area contributed by atoms with Crippen LogP contribution >= 0.6 is 12.4 Å². The first-order valence-electron chi connectivity index (χ1n) is 4.61. The highest BCUT2D eigenvalue weighted by molar-refractivity contribution is 5.85. The van der Waals surface area contributed by atoms with Gasteiger partial charge in [0.05, 0.1) is 0 Å². The fourth-order valence-electron chi connectivity index (χ4n) is 1.56. The van der Waals surface area contributed by atoms with E-state index < -0.39 is 0 Å². The van der Waals surface area contributed by atoms with Crippen molar-refractivity contribution in [3.63, 3.8) is 0 Å². The number of amides is 1. The lowest BCUT2D eigenvalue weighted by Crippen LogP contribution is -2.35. The van der Waals surface area contributed by atoms with Crippen LogP contribution in [0.1, 0.15) is 20.3 Å². The topological polar surface area (TPSA) is 32.3 Å². The van der Waals surface area contributed by atoms with Crippen LogP contribution in [0.5, 0.6) is 0 Å². The number of hydrogen-bond donors (Lipinski definition) is 1. The Balaban J connectivity index is 0.00000144. The Kier molecular flexibility index (Phi) is 5.33. The number of hydrogen-bond acceptors (Lipinski definition) is 2. The molecule has 4 heteroatoms. The van der Waals surface area contributed by atoms with Gasteiger partial charge >= 0.3 is 0 Å². The molecule has 0 spiro atoms. The Morgan fingerprint density at radius 3 is 2.54 bits per heavy atom. The predicted octanol–water partition coefficient (Wildman–Crippen LogP) is 0.884. The molecular weight excluding hydrogens is 188 g/mol. The lowest BCUT2D eigenvalue weighted by Gasteiger charge is -2.18. The summed E-state index contributed by atoms with van der Waals surface area (Å²) in [6.45, 7) is 5.71.